The molecule has 1 aromatic rings. The summed E-state index contributed by atoms with van der Waals surface area (Å²) >= 11 is 0. The van der Waals surface area contributed by atoms with E-state index in [2.05, 4.69) is 12.0 Å². The van der Waals surface area contributed by atoms with Crippen molar-refractivity contribution < 1.29 is 4.79 Å². The number of carbonyl (C=O) groups is 1. The number of aryl methyl sites for hydroxylation is 1. The van der Waals surface area contributed by atoms with E-state index in [0.29, 0.717) is 5.78 Å². The topological polar surface area (TPSA) is 34.9 Å². The number of ketones is 1. The predicted molar refractivity (Wildman–Crippen MR) is 82.5 cm³/mol. The second kappa shape index (κ2) is 4.82. The number of hydrogen-bond acceptors (Lipinski definition) is 2. The first-order chi connectivity index (χ1) is 10.2. The lowest BCUT2D eigenvalue weighted by atomic mass is 9.48. The van der Waals surface area contributed by atoms with Crippen LogP contribution in [0.2, 0.25) is 0 Å². The van der Waals surface area contributed by atoms with Gasteiger partial charge in [0.1, 0.15) is 0 Å². The molecule has 0 spiro atoms. The van der Waals surface area contributed by atoms with Gasteiger partial charge in [0.15, 0.2) is 5.78 Å². The molecule has 0 atom stereocenters. The summed E-state index contributed by atoms with van der Waals surface area (Å²) in [6.07, 6.45) is 13.2. The number of carbonyl (C=O) groups excluding carboxylic acids is 1. The van der Waals surface area contributed by atoms with E-state index in [1.54, 1.807) is 6.20 Å². The minimum Gasteiger partial charge on any atom is -0.294 e. The van der Waals surface area contributed by atoms with Gasteiger partial charge < -0.3 is 0 Å². The van der Waals surface area contributed by atoms with Gasteiger partial charge in [-0.15, -0.1) is 0 Å². The summed E-state index contributed by atoms with van der Waals surface area (Å²) in [6.45, 7) is 2.92. The number of rotatable bonds is 4. The average Bonchev–Trinajstić information content (AvgIpc) is 2.90. The Hall–Kier alpha value is -1.38. The molecule has 1 aromatic heterocycles. The maximum absolute atomic E-state index is 12.9. The summed E-state index contributed by atoms with van der Waals surface area (Å²) in [5.41, 5.74) is 1.03. The van der Waals surface area contributed by atoms with Crippen molar-refractivity contribution in [3.8, 4) is 0 Å². The molecule has 4 saturated carbocycles. The van der Waals surface area contributed by atoms with Crippen molar-refractivity contribution in [1.82, 2.24) is 9.78 Å². The minimum absolute atomic E-state index is 0.0116. The van der Waals surface area contributed by atoms with Crippen molar-refractivity contribution in [2.24, 2.45) is 23.2 Å². The fourth-order valence-electron chi connectivity index (χ4n) is 5.50. The van der Waals surface area contributed by atoms with E-state index in [0.717, 1.165) is 49.3 Å². The lowest BCUT2D eigenvalue weighted by Crippen LogP contribution is -2.49. The smallest absolute Gasteiger partial charge is 0.161 e. The van der Waals surface area contributed by atoms with Crippen LogP contribution in [0.1, 0.15) is 51.1 Å². The van der Waals surface area contributed by atoms with Crippen molar-refractivity contribution in [2.75, 3.05) is 0 Å². The molecule has 4 aliphatic rings. The van der Waals surface area contributed by atoms with Crippen LogP contribution in [0.25, 0.3) is 6.08 Å². The molecule has 0 radical (unpaired) electrons. The van der Waals surface area contributed by atoms with E-state index in [1.807, 2.05) is 22.9 Å². The van der Waals surface area contributed by atoms with Crippen LogP contribution in [-0.2, 0) is 11.3 Å². The van der Waals surface area contributed by atoms with Gasteiger partial charge in [-0.25, -0.2) is 0 Å². The Kier molecular flexibility index (Phi) is 3.05. The van der Waals surface area contributed by atoms with Crippen LogP contribution >= 0.6 is 0 Å². The van der Waals surface area contributed by atoms with Gasteiger partial charge in [-0.1, -0.05) is 0 Å². The van der Waals surface area contributed by atoms with Gasteiger partial charge in [0.25, 0.3) is 0 Å². The molecule has 0 saturated heterocycles. The van der Waals surface area contributed by atoms with Crippen LogP contribution in [0, 0.1) is 23.2 Å². The van der Waals surface area contributed by atoms with Gasteiger partial charge >= 0.3 is 0 Å². The van der Waals surface area contributed by atoms with Gasteiger partial charge in [0, 0.05) is 18.2 Å². The fourth-order valence-corrected chi connectivity index (χ4v) is 5.50. The molecule has 0 aliphatic heterocycles. The van der Waals surface area contributed by atoms with Crippen molar-refractivity contribution in [3.63, 3.8) is 0 Å². The third-order valence-corrected chi connectivity index (χ3v) is 6.02. The zero-order valence-corrected chi connectivity index (χ0v) is 12.8. The molecule has 3 heteroatoms. The number of allylic oxidation sites excluding steroid dienone is 1. The molecule has 4 bridgehead atoms. The van der Waals surface area contributed by atoms with E-state index < -0.39 is 0 Å². The number of hydrogen-bond donors (Lipinski definition) is 0. The van der Waals surface area contributed by atoms with Crippen LogP contribution in [0.4, 0.5) is 0 Å². The van der Waals surface area contributed by atoms with Gasteiger partial charge in [0.05, 0.1) is 5.69 Å². The fraction of sp³-hybridized carbons (Fsp3) is 0.667. The van der Waals surface area contributed by atoms with Gasteiger partial charge in [0.2, 0.25) is 0 Å². The molecule has 0 unspecified atom stereocenters. The lowest BCUT2D eigenvalue weighted by Gasteiger charge is -2.55. The predicted octanol–water partition coefficient (Wildman–Crippen LogP) is 3.70. The molecule has 4 aliphatic carbocycles. The van der Waals surface area contributed by atoms with Crippen LogP contribution in [0.15, 0.2) is 18.3 Å². The Balaban J connectivity index is 1.55. The Morgan fingerprint density at radius 2 is 1.90 bits per heavy atom. The molecular weight excluding hydrogens is 260 g/mol. The van der Waals surface area contributed by atoms with Crippen LogP contribution < -0.4 is 0 Å². The first kappa shape index (κ1) is 13.3. The Bertz CT molecular complexity index is 549. The third kappa shape index (κ3) is 2.18. The second-order valence-corrected chi connectivity index (χ2v) is 7.47. The summed E-state index contributed by atoms with van der Waals surface area (Å²) in [7, 11) is 0. The zero-order chi connectivity index (χ0) is 14.4. The average molecular weight is 284 g/mol. The molecule has 0 N–H and O–H groups in total. The highest BCUT2D eigenvalue weighted by Crippen LogP contribution is 2.60. The summed E-state index contributed by atoms with van der Waals surface area (Å²) in [5, 5.41) is 4.26. The van der Waals surface area contributed by atoms with Crippen molar-refractivity contribution in [2.45, 2.75) is 52.0 Å². The van der Waals surface area contributed by atoms with Crippen molar-refractivity contribution in [1.29, 1.82) is 0 Å². The second-order valence-electron chi connectivity index (χ2n) is 7.47. The van der Waals surface area contributed by atoms with Crippen molar-refractivity contribution in [3.05, 3.63) is 24.0 Å². The molecule has 1 heterocycles. The highest BCUT2D eigenvalue weighted by molar-refractivity contribution is 5.98. The lowest BCUT2D eigenvalue weighted by molar-refractivity contribution is -0.138. The SMILES string of the molecule is CCn1nccc1/C=C/C(=O)C12CC3CC(CC(C3)C1)C2. The molecular formula is C18H24N2O. The van der Waals surface area contributed by atoms with E-state index in [-0.39, 0.29) is 5.41 Å². The molecule has 5 rings (SSSR count). The zero-order valence-electron chi connectivity index (χ0n) is 12.8. The van der Waals surface area contributed by atoms with E-state index >= 15 is 0 Å². The highest BCUT2D eigenvalue weighted by Gasteiger charge is 2.53. The number of nitrogens with zero attached hydrogens (tertiary/aromatic N) is 2. The Morgan fingerprint density at radius 3 is 2.48 bits per heavy atom. The van der Waals surface area contributed by atoms with Gasteiger partial charge in [-0.3, -0.25) is 9.48 Å². The standard InChI is InChI=1S/C18H24N2O/c1-2-20-16(5-6-19-20)3-4-17(21)18-10-13-7-14(11-18)9-15(8-13)12-18/h3-6,13-15H,2,7-12H2,1H3/b4-3+. The van der Waals surface area contributed by atoms with E-state index in [9.17, 15) is 4.79 Å². The summed E-state index contributed by atoms with van der Waals surface area (Å²) in [6, 6.07) is 1.98. The van der Waals surface area contributed by atoms with Gasteiger partial charge in [-0.2, -0.15) is 5.10 Å². The molecule has 0 amide bonds. The summed E-state index contributed by atoms with van der Waals surface area (Å²) in [4.78, 5) is 12.9. The maximum Gasteiger partial charge on any atom is 0.161 e. The van der Waals surface area contributed by atoms with Crippen LogP contribution in [0.3, 0.4) is 0 Å². The largest absolute Gasteiger partial charge is 0.294 e. The molecule has 0 aromatic carbocycles. The van der Waals surface area contributed by atoms with E-state index in [1.165, 1.54) is 19.3 Å². The molecule has 4 fully saturated rings. The number of aromatic nitrogens is 2. The minimum atomic E-state index is -0.0116. The molecule has 3 nitrogen and oxygen atoms in total. The highest BCUT2D eigenvalue weighted by atomic mass is 16.1. The normalized spacial score (nSPS) is 37.5. The van der Waals surface area contributed by atoms with Gasteiger partial charge in [-0.05, 0) is 81.4 Å². The van der Waals surface area contributed by atoms with E-state index in [4.69, 9.17) is 0 Å². The first-order valence-corrected chi connectivity index (χ1v) is 8.43. The Labute approximate surface area is 126 Å². The quantitative estimate of drug-likeness (QED) is 0.790. The van der Waals surface area contributed by atoms with Crippen LogP contribution in [-0.4, -0.2) is 15.6 Å². The Morgan fingerprint density at radius 1 is 1.29 bits per heavy atom. The summed E-state index contributed by atoms with van der Waals surface area (Å²) < 4.78 is 1.93. The third-order valence-electron chi connectivity index (χ3n) is 6.02. The monoisotopic (exact) mass is 284 g/mol. The molecule has 21 heavy (non-hydrogen) atoms. The van der Waals surface area contributed by atoms with Crippen LogP contribution in [0.5, 0.6) is 0 Å². The first-order valence-electron chi connectivity index (χ1n) is 8.43. The maximum atomic E-state index is 12.9. The van der Waals surface area contributed by atoms with Crippen molar-refractivity contribution >= 4 is 11.9 Å². The summed E-state index contributed by atoms with van der Waals surface area (Å²) in [5.74, 6) is 2.87. The molecule has 112 valence electrons.